The summed E-state index contributed by atoms with van der Waals surface area (Å²) in [6.45, 7) is 4.12. The summed E-state index contributed by atoms with van der Waals surface area (Å²) >= 11 is 0. The Morgan fingerprint density at radius 1 is 1.06 bits per heavy atom. The van der Waals surface area contributed by atoms with Gasteiger partial charge in [0.05, 0.1) is 0 Å². The highest BCUT2D eigenvalue weighted by atomic mass is 16.5. The van der Waals surface area contributed by atoms with Crippen LogP contribution in [0.4, 0.5) is 4.79 Å². The molecule has 2 unspecified atom stereocenters. The average Bonchev–Trinajstić information content (AvgIpc) is 3.13. The van der Waals surface area contributed by atoms with Gasteiger partial charge in [-0.2, -0.15) is 0 Å². The summed E-state index contributed by atoms with van der Waals surface area (Å²) in [7, 11) is 3.67. The van der Waals surface area contributed by atoms with Crippen molar-refractivity contribution in [2.45, 2.75) is 50.6 Å². The maximum Gasteiger partial charge on any atom is 0.408 e. The maximum atomic E-state index is 13.1. The third kappa shape index (κ3) is 6.19. The molecule has 0 bridgehead atoms. The molecule has 0 aliphatic heterocycles. The van der Waals surface area contributed by atoms with E-state index >= 15 is 0 Å². The van der Waals surface area contributed by atoms with Crippen LogP contribution in [0.1, 0.15) is 50.2 Å². The van der Waals surface area contributed by atoms with Crippen LogP contribution >= 0.6 is 0 Å². The number of aliphatic carboxylic acids is 1. The fraction of sp³-hybridized carbons (Fsp3) is 0.444. The van der Waals surface area contributed by atoms with E-state index in [0.29, 0.717) is 19.4 Å². The number of nitrogens with zero attached hydrogens (tertiary/aromatic N) is 1. The minimum atomic E-state index is -1.30. The SMILES string of the molecule is CCCC(C)(NC(=O)OCC1c2ccccc2-c2ccccc21)C(=O)NC(CCN(C)C)C(=O)O. The van der Waals surface area contributed by atoms with Crippen molar-refractivity contribution in [2.24, 2.45) is 0 Å². The highest BCUT2D eigenvalue weighted by Crippen LogP contribution is 2.44. The molecule has 0 radical (unpaired) electrons. The summed E-state index contributed by atoms with van der Waals surface area (Å²) in [5.41, 5.74) is 3.15. The quantitative estimate of drug-likeness (QED) is 0.453. The van der Waals surface area contributed by atoms with Crippen LogP contribution in [-0.2, 0) is 14.3 Å². The number of carbonyl (C=O) groups is 3. The van der Waals surface area contributed by atoms with Gasteiger partial charge in [-0.1, -0.05) is 61.9 Å². The summed E-state index contributed by atoms with van der Waals surface area (Å²) < 4.78 is 5.61. The Labute approximate surface area is 206 Å². The zero-order valence-corrected chi connectivity index (χ0v) is 20.8. The molecule has 0 fully saturated rings. The van der Waals surface area contributed by atoms with Gasteiger partial charge < -0.3 is 25.4 Å². The van der Waals surface area contributed by atoms with Crippen LogP contribution in [0.5, 0.6) is 0 Å². The van der Waals surface area contributed by atoms with Crippen molar-refractivity contribution in [3.8, 4) is 11.1 Å². The Morgan fingerprint density at radius 2 is 1.63 bits per heavy atom. The maximum absolute atomic E-state index is 13.1. The highest BCUT2D eigenvalue weighted by molar-refractivity contribution is 5.92. The number of benzene rings is 2. The number of carboxylic acids is 1. The van der Waals surface area contributed by atoms with E-state index in [1.807, 2.05) is 62.3 Å². The predicted molar refractivity (Wildman–Crippen MR) is 134 cm³/mol. The number of ether oxygens (including phenoxy) is 1. The number of carboxylic acid groups (broad SMARTS) is 1. The zero-order chi connectivity index (χ0) is 25.6. The van der Waals surface area contributed by atoms with Crippen LogP contribution < -0.4 is 10.6 Å². The fourth-order valence-corrected chi connectivity index (χ4v) is 4.55. The van der Waals surface area contributed by atoms with Gasteiger partial charge in [0.15, 0.2) is 0 Å². The van der Waals surface area contributed by atoms with Gasteiger partial charge in [0.2, 0.25) is 5.91 Å². The Balaban J connectivity index is 1.67. The number of fused-ring (bicyclic) bond motifs is 3. The number of nitrogens with one attached hydrogen (secondary N) is 2. The van der Waals surface area contributed by atoms with Crippen LogP contribution in [0, 0.1) is 0 Å². The van der Waals surface area contributed by atoms with E-state index in [0.717, 1.165) is 22.3 Å². The van der Waals surface area contributed by atoms with Crippen molar-refractivity contribution in [1.29, 1.82) is 0 Å². The van der Waals surface area contributed by atoms with Crippen LogP contribution in [0.3, 0.4) is 0 Å². The van der Waals surface area contributed by atoms with Crippen LogP contribution in [0.25, 0.3) is 11.1 Å². The summed E-state index contributed by atoms with van der Waals surface area (Å²) in [5.74, 6) is -1.75. The highest BCUT2D eigenvalue weighted by Gasteiger charge is 2.37. The van der Waals surface area contributed by atoms with Gasteiger partial charge in [-0.3, -0.25) is 4.79 Å². The van der Waals surface area contributed by atoms with Crippen molar-refractivity contribution in [3.05, 3.63) is 59.7 Å². The minimum Gasteiger partial charge on any atom is -0.480 e. The first-order valence-corrected chi connectivity index (χ1v) is 12.0. The van der Waals surface area contributed by atoms with Gasteiger partial charge in [0, 0.05) is 12.5 Å². The summed E-state index contributed by atoms with van der Waals surface area (Å²) in [6.07, 6.45) is 0.492. The average molecular weight is 482 g/mol. The first kappa shape index (κ1) is 26.2. The molecule has 0 saturated heterocycles. The first-order valence-electron chi connectivity index (χ1n) is 12.0. The number of rotatable bonds is 11. The lowest BCUT2D eigenvalue weighted by Gasteiger charge is -2.30. The van der Waals surface area contributed by atoms with E-state index in [2.05, 4.69) is 22.8 Å². The van der Waals surface area contributed by atoms with Gasteiger partial charge >= 0.3 is 12.1 Å². The molecule has 0 spiro atoms. The molecule has 3 rings (SSSR count). The third-order valence-corrected chi connectivity index (χ3v) is 6.44. The van der Waals surface area contributed by atoms with Crippen molar-refractivity contribution >= 4 is 18.0 Å². The molecular weight excluding hydrogens is 446 g/mol. The van der Waals surface area contributed by atoms with E-state index in [1.54, 1.807) is 6.92 Å². The van der Waals surface area contributed by atoms with Crippen molar-refractivity contribution < 1.29 is 24.2 Å². The van der Waals surface area contributed by atoms with Crippen molar-refractivity contribution in [2.75, 3.05) is 27.2 Å². The van der Waals surface area contributed by atoms with E-state index in [-0.39, 0.29) is 18.9 Å². The normalized spacial score (nSPS) is 15.0. The van der Waals surface area contributed by atoms with Gasteiger partial charge in [0.25, 0.3) is 0 Å². The number of hydrogen-bond donors (Lipinski definition) is 3. The topological polar surface area (TPSA) is 108 Å². The molecule has 2 atom stereocenters. The van der Waals surface area contributed by atoms with Crippen molar-refractivity contribution in [1.82, 2.24) is 15.5 Å². The number of alkyl carbamates (subject to hydrolysis) is 1. The fourth-order valence-electron chi connectivity index (χ4n) is 4.55. The summed E-state index contributed by atoms with van der Waals surface area (Å²) in [6, 6.07) is 15.1. The lowest BCUT2D eigenvalue weighted by molar-refractivity contribution is -0.143. The molecule has 1 aliphatic rings. The molecule has 2 aromatic rings. The Morgan fingerprint density at radius 3 is 2.14 bits per heavy atom. The molecule has 2 aromatic carbocycles. The molecule has 8 heteroatoms. The van der Waals surface area contributed by atoms with E-state index < -0.39 is 29.6 Å². The van der Waals surface area contributed by atoms with Crippen molar-refractivity contribution in [3.63, 3.8) is 0 Å². The lowest BCUT2D eigenvalue weighted by Crippen LogP contribution is -2.59. The second-order valence-electron chi connectivity index (χ2n) is 9.49. The smallest absolute Gasteiger partial charge is 0.408 e. The van der Waals surface area contributed by atoms with Crippen LogP contribution in [0.15, 0.2) is 48.5 Å². The molecule has 2 amide bonds. The van der Waals surface area contributed by atoms with E-state index in [4.69, 9.17) is 4.74 Å². The van der Waals surface area contributed by atoms with Crippen LogP contribution in [-0.4, -0.2) is 66.8 Å². The van der Waals surface area contributed by atoms with Gasteiger partial charge in [-0.05, 0) is 56.1 Å². The monoisotopic (exact) mass is 481 g/mol. The Kier molecular flexibility index (Phi) is 8.51. The van der Waals surface area contributed by atoms with Gasteiger partial charge in [-0.25, -0.2) is 9.59 Å². The van der Waals surface area contributed by atoms with Gasteiger partial charge in [0.1, 0.15) is 18.2 Å². The molecule has 0 saturated carbocycles. The second-order valence-corrected chi connectivity index (χ2v) is 9.49. The zero-order valence-electron chi connectivity index (χ0n) is 20.8. The minimum absolute atomic E-state index is 0.0955. The molecule has 188 valence electrons. The standard InChI is InChI=1S/C27H35N3O5/c1-5-15-27(2,25(33)28-23(24(31)32)14-16-30(3)4)29-26(34)35-17-22-20-12-8-6-10-18(20)19-11-7-9-13-21(19)22/h6-13,22-23H,5,14-17H2,1-4H3,(H,28,33)(H,29,34)(H,31,32). The Hall–Kier alpha value is -3.39. The lowest BCUT2D eigenvalue weighted by atomic mass is 9.94. The van der Waals surface area contributed by atoms with Gasteiger partial charge in [-0.15, -0.1) is 0 Å². The molecule has 0 heterocycles. The number of amides is 2. The summed E-state index contributed by atoms with van der Waals surface area (Å²) in [4.78, 5) is 39.4. The van der Waals surface area contributed by atoms with E-state index in [1.165, 1.54) is 0 Å². The molecule has 0 aromatic heterocycles. The second kappa shape index (κ2) is 11.4. The van der Waals surface area contributed by atoms with E-state index in [9.17, 15) is 19.5 Å². The largest absolute Gasteiger partial charge is 0.480 e. The number of hydrogen-bond acceptors (Lipinski definition) is 5. The Bertz CT molecular complexity index is 1020. The third-order valence-electron chi connectivity index (χ3n) is 6.44. The molecule has 8 nitrogen and oxygen atoms in total. The molecule has 35 heavy (non-hydrogen) atoms. The predicted octanol–water partition coefficient (Wildman–Crippen LogP) is 3.61. The molecular formula is C27H35N3O5. The summed E-state index contributed by atoms with van der Waals surface area (Å²) in [5, 5.41) is 14.8. The number of carbonyl (C=O) groups excluding carboxylic acids is 2. The molecule has 1 aliphatic carbocycles. The first-order chi connectivity index (χ1) is 16.7. The molecule has 3 N–H and O–H groups in total. The van der Waals surface area contributed by atoms with Crippen LogP contribution in [0.2, 0.25) is 0 Å².